The second-order valence-corrected chi connectivity index (χ2v) is 5.38. The fraction of sp³-hybridized carbons (Fsp3) is 0.429. The van der Waals surface area contributed by atoms with Crippen molar-refractivity contribution in [2.45, 2.75) is 19.3 Å². The van der Waals surface area contributed by atoms with Gasteiger partial charge in [-0.1, -0.05) is 11.6 Å². The number of benzene rings is 1. The lowest BCUT2D eigenvalue weighted by atomic mass is 9.95. The quantitative estimate of drug-likeness (QED) is 0.838. The van der Waals surface area contributed by atoms with Crippen LogP contribution in [0.3, 0.4) is 0 Å². The molecule has 2 heterocycles. The minimum Gasteiger partial charge on any atom is -0.358 e. The van der Waals surface area contributed by atoms with Gasteiger partial charge in [0.05, 0.1) is 0 Å². The average molecular weight is 249 g/mol. The number of fused-ring (bicyclic) bond motifs is 1. The summed E-state index contributed by atoms with van der Waals surface area (Å²) in [6, 6.07) is 8.25. The Bertz CT molecular complexity index is 512. The minimum absolute atomic E-state index is 0.771. The van der Waals surface area contributed by atoms with Crippen LogP contribution in [0.4, 0.5) is 0 Å². The molecule has 1 atom stereocenters. The Morgan fingerprint density at radius 1 is 1.29 bits per heavy atom. The normalized spacial score (nSPS) is 20.9. The van der Waals surface area contributed by atoms with E-state index in [1.165, 1.54) is 36.0 Å². The number of H-pyrrole nitrogens is 1. The monoisotopic (exact) mass is 248 g/mol. The van der Waals surface area contributed by atoms with Gasteiger partial charge in [0.1, 0.15) is 0 Å². The first-order chi connectivity index (χ1) is 8.31. The van der Waals surface area contributed by atoms with Crippen molar-refractivity contribution in [3.63, 3.8) is 0 Å². The highest BCUT2D eigenvalue weighted by atomic mass is 35.5. The molecule has 17 heavy (non-hydrogen) atoms. The van der Waals surface area contributed by atoms with E-state index < -0.39 is 0 Å². The van der Waals surface area contributed by atoms with Crippen molar-refractivity contribution in [3.05, 3.63) is 35.0 Å². The third-order valence-electron chi connectivity index (χ3n) is 3.55. The van der Waals surface area contributed by atoms with Gasteiger partial charge in [0.15, 0.2) is 0 Å². The molecular formula is C14H17ClN2. The Labute approximate surface area is 106 Å². The second kappa shape index (κ2) is 4.71. The number of hydrogen-bond acceptors (Lipinski definition) is 1. The third kappa shape index (κ3) is 2.48. The number of aromatic nitrogens is 1. The molecule has 1 fully saturated rings. The van der Waals surface area contributed by atoms with Gasteiger partial charge >= 0.3 is 0 Å². The summed E-state index contributed by atoms with van der Waals surface area (Å²) in [6.07, 6.45) is 3.78. The van der Waals surface area contributed by atoms with Crippen LogP contribution in [-0.2, 0) is 6.42 Å². The van der Waals surface area contributed by atoms with Crippen LogP contribution in [0, 0.1) is 5.92 Å². The molecule has 1 unspecified atom stereocenters. The highest BCUT2D eigenvalue weighted by Gasteiger charge is 2.14. The van der Waals surface area contributed by atoms with Crippen molar-refractivity contribution in [2.24, 2.45) is 5.92 Å². The molecule has 90 valence electrons. The summed E-state index contributed by atoms with van der Waals surface area (Å²) in [5.74, 6) is 0.771. The molecule has 2 nitrogen and oxygen atoms in total. The zero-order valence-corrected chi connectivity index (χ0v) is 10.6. The van der Waals surface area contributed by atoms with Crippen LogP contribution in [0.25, 0.3) is 10.9 Å². The van der Waals surface area contributed by atoms with Gasteiger partial charge in [-0.15, -0.1) is 0 Å². The van der Waals surface area contributed by atoms with Crippen molar-refractivity contribution in [1.29, 1.82) is 0 Å². The molecule has 0 bridgehead atoms. The Morgan fingerprint density at radius 2 is 2.24 bits per heavy atom. The number of piperidine rings is 1. The van der Waals surface area contributed by atoms with Crippen LogP contribution in [0.5, 0.6) is 0 Å². The molecule has 0 radical (unpaired) electrons. The lowest BCUT2D eigenvalue weighted by molar-refractivity contribution is 0.374. The molecule has 1 aromatic carbocycles. The third-order valence-corrected chi connectivity index (χ3v) is 3.78. The highest BCUT2D eigenvalue weighted by molar-refractivity contribution is 6.31. The predicted octanol–water partition coefficient (Wildman–Crippen LogP) is 3.36. The van der Waals surface area contributed by atoms with Crippen LogP contribution >= 0.6 is 11.6 Å². The van der Waals surface area contributed by atoms with E-state index in [4.69, 9.17) is 11.6 Å². The maximum Gasteiger partial charge on any atom is 0.0457 e. The topological polar surface area (TPSA) is 27.8 Å². The summed E-state index contributed by atoms with van der Waals surface area (Å²) in [5, 5.41) is 5.49. The van der Waals surface area contributed by atoms with Gasteiger partial charge in [-0.25, -0.2) is 0 Å². The van der Waals surface area contributed by atoms with Gasteiger partial charge < -0.3 is 10.3 Å². The Kier molecular flexibility index (Phi) is 3.08. The molecule has 2 N–H and O–H groups in total. The van der Waals surface area contributed by atoms with E-state index in [9.17, 15) is 0 Å². The van der Waals surface area contributed by atoms with Gasteiger partial charge in [-0.2, -0.15) is 0 Å². The largest absolute Gasteiger partial charge is 0.358 e. The summed E-state index contributed by atoms with van der Waals surface area (Å²) in [4.78, 5) is 3.48. The fourth-order valence-electron chi connectivity index (χ4n) is 2.68. The number of rotatable bonds is 2. The Morgan fingerprint density at radius 3 is 3.06 bits per heavy atom. The standard InChI is InChI=1S/C14H17ClN2/c15-12-3-4-14-11(7-12)8-13(17-14)6-10-2-1-5-16-9-10/h3-4,7-8,10,16-17H,1-2,5-6,9H2. The lowest BCUT2D eigenvalue weighted by Crippen LogP contribution is -2.30. The van der Waals surface area contributed by atoms with Crippen molar-refractivity contribution < 1.29 is 0 Å². The van der Waals surface area contributed by atoms with Crippen LogP contribution in [-0.4, -0.2) is 18.1 Å². The first-order valence-corrected chi connectivity index (χ1v) is 6.67. The predicted molar refractivity (Wildman–Crippen MR) is 72.6 cm³/mol. The Hall–Kier alpha value is -0.990. The average Bonchev–Trinajstić information content (AvgIpc) is 2.71. The number of nitrogens with one attached hydrogen (secondary N) is 2. The molecule has 0 saturated carbocycles. The van der Waals surface area contributed by atoms with E-state index in [1.54, 1.807) is 0 Å². The van der Waals surface area contributed by atoms with E-state index in [2.05, 4.69) is 22.4 Å². The van der Waals surface area contributed by atoms with E-state index >= 15 is 0 Å². The van der Waals surface area contributed by atoms with Gasteiger partial charge in [0.2, 0.25) is 0 Å². The molecule has 1 aromatic heterocycles. The first kappa shape index (κ1) is 11.1. The van der Waals surface area contributed by atoms with Gasteiger partial charge in [0, 0.05) is 21.6 Å². The summed E-state index contributed by atoms with van der Waals surface area (Å²) in [5.41, 5.74) is 2.52. The highest BCUT2D eigenvalue weighted by Crippen LogP contribution is 2.23. The number of halogens is 1. The molecule has 1 saturated heterocycles. The molecule has 3 rings (SSSR count). The molecule has 2 aromatic rings. The Balaban J connectivity index is 1.80. The van der Waals surface area contributed by atoms with Gasteiger partial charge in [0.25, 0.3) is 0 Å². The molecular weight excluding hydrogens is 232 g/mol. The lowest BCUT2D eigenvalue weighted by Gasteiger charge is -2.21. The number of aromatic amines is 1. The van der Waals surface area contributed by atoms with E-state index in [1.807, 2.05) is 12.1 Å². The summed E-state index contributed by atoms with van der Waals surface area (Å²) < 4.78 is 0. The molecule has 1 aliphatic heterocycles. The zero-order chi connectivity index (χ0) is 11.7. The molecule has 1 aliphatic rings. The van der Waals surface area contributed by atoms with Gasteiger partial charge in [-0.05, 0) is 62.5 Å². The van der Waals surface area contributed by atoms with Crippen molar-refractivity contribution in [3.8, 4) is 0 Å². The summed E-state index contributed by atoms with van der Waals surface area (Å²) >= 11 is 6.00. The maximum absolute atomic E-state index is 6.00. The van der Waals surface area contributed by atoms with Crippen LogP contribution in [0.15, 0.2) is 24.3 Å². The van der Waals surface area contributed by atoms with E-state index in [-0.39, 0.29) is 0 Å². The van der Waals surface area contributed by atoms with Crippen molar-refractivity contribution in [1.82, 2.24) is 10.3 Å². The molecule has 0 aliphatic carbocycles. The molecule has 0 amide bonds. The minimum atomic E-state index is 0.771. The van der Waals surface area contributed by atoms with Crippen molar-refractivity contribution >= 4 is 22.5 Å². The summed E-state index contributed by atoms with van der Waals surface area (Å²) in [7, 11) is 0. The second-order valence-electron chi connectivity index (χ2n) is 4.94. The SMILES string of the molecule is Clc1ccc2[nH]c(CC3CCCNC3)cc2c1. The van der Waals surface area contributed by atoms with Crippen molar-refractivity contribution in [2.75, 3.05) is 13.1 Å². The zero-order valence-electron chi connectivity index (χ0n) is 9.80. The van der Waals surface area contributed by atoms with E-state index in [0.29, 0.717) is 0 Å². The van der Waals surface area contributed by atoms with Crippen LogP contribution in [0.2, 0.25) is 5.02 Å². The van der Waals surface area contributed by atoms with Crippen LogP contribution < -0.4 is 5.32 Å². The molecule has 3 heteroatoms. The van der Waals surface area contributed by atoms with E-state index in [0.717, 1.165) is 23.9 Å². The van der Waals surface area contributed by atoms with Gasteiger partial charge in [-0.3, -0.25) is 0 Å². The van der Waals surface area contributed by atoms with Crippen LogP contribution in [0.1, 0.15) is 18.5 Å². The number of hydrogen-bond donors (Lipinski definition) is 2. The molecule has 0 spiro atoms. The maximum atomic E-state index is 6.00. The first-order valence-electron chi connectivity index (χ1n) is 6.29. The summed E-state index contributed by atoms with van der Waals surface area (Å²) in [6.45, 7) is 2.33. The fourth-order valence-corrected chi connectivity index (χ4v) is 2.86. The smallest absolute Gasteiger partial charge is 0.0457 e.